The van der Waals surface area contributed by atoms with E-state index in [1.807, 2.05) is 0 Å². The molecule has 1 aromatic rings. The van der Waals surface area contributed by atoms with E-state index in [-0.39, 0.29) is 18.1 Å². The molecular weight excluding hydrogens is 262 g/mol. The number of hydrogen-bond acceptors (Lipinski definition) is 2. The van der Waals surface area contributed by atoms with E-state index in [4.69, 9.17) is 4.74 Å². The Morgan fingerprint density at radius 1 is 1.24 bits per heavy atom. The predicted octanol–water partition coefficient (Wildman–Crippen LogP) is 3.95. The van der Waals surface area contributed by atoms with Gasteiger partial charge in [0.25, 0.3) is 0 Å². The Balaban J connectivity index is 2.01. The van der Waals surface area contributed by atoms with Crippen molar-refractivity contribution in [3.8, 4) is 0 Å². The smallest absolute Gasteiger partial charge is 0.249 e. The molecule has 0 radical (unpaired) electrons. The highest BCUT2D eigenvalue weighted by Crippen LogP contribution is 2.23. The van der Waals surface area contributed by atoms with Crippen LogP contribution in [-0.2, 0) is 9.53 Å². The van der Waals surface area contributed by atoms with Gasteiger partial charge in [-0.1, -0.05) is 45.0 Å². The van der Waals surface area contributed by atoms with Crippen molar-refractivity contribution >= 4 is 5.91 Å². The van der Waals surface area contributed by atoms with Gasteiger partial charge < -0.3 is 10.1 Å². The van der Waals surface area contributed by atoms with E-state index < -0.39 is 0 Å². The number of amides is 1. The Hall–Kier alpha value is -1.35. The topological polar surface area (TPSA) is 38.3 Å². The predicted molar refractivity (Wildman–Crippen MR) is 85.3 cm³/mol. The second-order valence-electron chi connectivity index (χ2n) is 5.95. The van der Waals surface area contributed by atoms with Crippen molar-refractivity contribution in [3.05, 3.63) is 35.4 Å². The molecule has 0 saturated carbocycles. The van der Waals surface area contributed by atoms with Crippen LogP contribution < -0.4 is 5.32 Å². The second kappa shape index (κ2) is 7.60. The summed E-state index contributed by atoms with van der Waals surface area (Å²) < 4.78 is 5.45. The molecule has 21 heavy (non-hydrogen) atoms. The number of ether oxygens (including phenoxy) is 1. The van der Waals surface area contributed by atoms with Crippen LogP contribution in [0.2, 0.25) is 0 Å². The van der Waals surface area contributed by atoms with Gasteiger partial charge >= 0.3 is 0 Å². The zero-order chi connectivity index (χ0) is 15.2. The van der Waals surface area contributed by atoms with E-state index in [1.54, 1.807) is 0 Å². The van der Waals surface area contributed by atoms with Crippen molar-refractivity contribution in [1.29, 1.82) is 0 Å². The third kappa shape index (κ3) is 4.07. The quantitative estimate of drug-likeness (QED) is 0.861. The van der Waals surface area contributed by atoms with Gasteiger partial charge in [-0.2, -0.15) is 0 Å². The van der Waals surface area contributed by atoms with Crippen molar-refractivity contribution in [3.63, 3.8) is 0 Å². The zero-order valence-corrected chi connectivity index (χ0v) is 13.4. The Labute approximate surface area is 128 Å². The average Bonchev–Trinajstić information content (AvgIpc) is 3.06. The molecular formula is C18H27NO2. The summed E-state index contributed by atoms with van der Waals surface area (Å²) in [6.07, 6.45) is 3.61. The van der Waals surface area contributed by atoms with Crippen LogP contribution in [0, 0.1) is 0 Å². The lowest BCUT2D eigenvalue weighted by Crippen LogP contribution is -2.36. The summed E-state index contributed by atoms with van der Waals surface area (Å²) in [5.41, 5.74) is 2.54. The number of nitrogens with one attached hydrogen (secondary N) is 1. The van der Waals surface area contributed by atoms with Crippen molar-refractivity contribution in [2.45, 2.75) is 64.5 Å². The molecule has 1 saturated heterocycles. The van der Waals surface area contributed by atoms with Crippen molar-refractivity contribution < 1.29 is 9.53 Å². The van der Waals surface area contributed by atoms with Crippen LogP contribution in [0.25, 0.3) is 0 Å². The maximum atomic E-state index is 12.2. The fourth-order valence-corrected chi connectivity index (χ4v) is 2.76. The molecule has 1 aliphatic heterocycles. The largest absolute Gasteiger partial charge is 0.368 e. The molecule has 1 aromatic carbocycles. The fraction of sp³-hybridized carbons (Fsp3) is 0.611. The van der Waals surface area contributed by atoms with Crippen LogP contribution in [0.4, 0.5) is 0 Å². The highest BCUT2D eigenvalue weighted by Gasteiger charge is 2.25. The lowest BCUT2D eigenvalue weighted by atomic mass is 9.95. The molecule has 1 fully saturated rings. The summed E-state index contributed by atoms with van der Waals surface area (Å²) in [6.45, 7) is 7.25. The summed E-state index contributed by atoms with van der Waals surface area (Å²) in [6, 6.07) is 8.73. The summed E-state index contributed by atoms with van der Waals surface area (Å²) in [5.74, 6) is 0.617. The normalized spacial score (nSPS) is 21.0. The van der Waals surface area contributed by atoms with Crippen LogP contribution in [0.3, 0.4) is 0 Å². The Bertz CT molecular complexity index is 449. The standard InChI is InChI=1S/C18H27NO2/c1-4-13(3)14-8-10-15(11-9-14)16(5-2)19-18(20)17-7-6-12-21-17/h8-11,13,16-17H,4-7,12H2,1-3H3,(H,19,20)/t13-,16-,17+/m0/s1. The zero-order valence-electron chi connectivity index (χ0n) is 13.4. The van der Waals surface area contributed by atoms with Crippen LogP contribution in [-0.4, -0.2) is 18.6 Å². The summed E-state index contributed by atoms with van der Waals surface area (Å²) in [5, 5.41) is 3.12. The highest BCUT2D eigenvalue weighted by atomic mass is 16.5. The van der Waals surface area contributed by atoms with E-state index >= 15 is 0 Å². The van der Waals surface area contributed by atoms with Gasteiger partial charge in [0.05, 0.1) is 6.04 Å². The Kier molecular flexibility index (Phi) is 5.80. The molecule has 116 valence electrons. The number of rotatable bonds is 6. The molecule has 0 aliphatic carbocycles. The first kappa shape index (κ1) is 16.0. The molecule has 1 aliphatic rings. The first-order valence-electron chi connectivity index (χ1n) is 8.17. The van der Waals surface area contributed by atoms with Crippen LogP contribution >= 0.6 is 0 Å². The van der Waals surface area contributed by atoms with Gasteiger partial charge in [0.1, 0.15) is 6.10 Å². The molecule has 0 spiro atoms. The molecule has 1 N–H and O–H groups in total. The summed E-state index contributed by atoms with van der Waals surface area (Å²) in [4.78, 5) is 12.2. The van der Waals surface area contributed by atoms with Crippen molar-refractivity contribution in [2.75, 3.05) is 6.61 Å². The summed E-state index contributed by atoms with van der Waals surface area (Å²) >= 11 is 0. The molecule has 0 unspecified atom stereocenters. The first-order valence-corrected chi connectivity index (χ1v) is 8.17. The van der Waals surface area contributed by atoms with Crippen molar-refractivity contribution in [1.82, 2.24) is 5.32 Å². The Morgan fingerprint density at radius 2 is 1.90 bits per heavy atom. The van der Waals surface area contributed by atoms with Gasteiger partial charge in [0, 0.05) is 6.61 Å². The van der Waals surface area contributed by atoms with Gasteiger partial charge in [0.2, 0.25) is 5.91 Å². The van der Waals surface area contributed by atoms with Crippen LogP contribution in [0.5, 0.6) is 0 Å². The highest BCUT2D eigenvalue weighted by molar-refractivity contribution is 5.81. The van der Waals surface area contributed by atoms with Gasteiger partial charge in [-0.15, -0.1) is 0 Å². The lowest BCUT2D eigenvalue weighted by molar-refractivity contribution is -0.130. The average molecular weight is 289 g/mol. The molecule has 3 atom stereocenters. The maximum Gasteiger partial charge on any atom is 0.249 e. The number of hydrogen-bond donors (Lipinski definition) is 1. The molecule has 0 bridgehead atoms. The monoisotopic (exact) mass is 289 g/mol. The molecule has 3 heteroatoms. The molecule has 3 nitrogen and oxygen atoms in total. The van der Waals surface area contributed by atoms with Crippen LogP contribution in [0.1, 0.15) is 69.5 Å². The minimum Gasteiger partial charge on any atom is -0.368 e. The van der Waals surface area contributed by atoms with E-state index in [0.29, 0.717) is 12.5 Å². The van der Waals surface area contributed by atoms with E-state index in [0.717, 1.165) is 25.7 Å². The maximum absolute atomic E-state index is 12.2. The van der Waals surface area contributed by atoms with Gasteiger partial charge in [-0.25, -0.2) is 0 Å². The molecule has 1 amide bonds. The number of carbonyl (C=O) groups excluding carboxylic acids is 1. The van der Waals surface area contributed by atoms with Crippen LogP contribution in [0.15, 0.2) is 24.3 Å². The van der Waals surface area contributed by atoms with Crippen molar-refractivity contribution in [2.24, 2.45) is 0 Å². The van der Waals surface area contributed by atoms with E-state index in [1.165, 1.54) is 11.1 Å². The minimum atomic E-state index is -0.251. The first-order chi connectivity index (χ1) is 10.2. The summed E-state index contributed by atoms with van der Waals surface area (Å²) in [7, 11) is 0. The lowest BCUT2D eigenvalue weighted by Gasteiger charge is -2.20. The number of benzene rings is 1. The molecule has 1 heterocycles. The van der Waals surface area contributed by atoms with Gasteiger partial charge in [-0.05, 0) is 42.7 Å². The number of carbonyl (C=O) groups is 1. The SMILES string of the molecule is CC[C@H](NC(=O)[C@H]1CCCO1)c1ccc([C@@H](C)CC)cc1. The van der Waals surface area contributed by atoms with E-state index in [2.05, 4.69) is 50.4 Å². The van der Waals surface area contributed by atoms with Gasteiger partial charge in [-0.3, -0.25) is 4.79 Å². The fourth-order valence-electron chi connectivity index (χ4n) is 2.76. The van der Waals surface area contributed by atoms with Gasteiger partial charge in [0.15, 0.2) is 0 Å². The Morgan fingerprint density at radius 3 is 2.43 bits per heavy atom. The third-order valence-electron chi connectivity index (χ3n) is 4.47. The molecule has 2 rings (SSSR count). The van der Waals surface area contributed by atoms with E-state index in [9.17, 15) is 4.79 Å². The minimum absolute atomic E-state index is 0.0327. The molecule has 0 aromatic heterocycles. The third-order valence-corrected chi connectivity index (χ3v) is 4.47. The second-order valence-corrected chi connectivity index (χ2v) is 5.95.